The number of benzene rings is 1. The van der Waals surface area contributed by atoms with Crippen LogP contribution in [0.15, 0.2) is 23.1 Å². The molecule has 0 fully saturated rings. The standard InChI is InChI=1S/C13H20ClNO4S/c1-10(2)15(7-4-8-16)20(17,18)11-5-6-13(19-3)12(14)9-11/h5-6,9-10,16H,4,7-8H2,1-3H3. The molecular weight excluding hydrogens is 302 g/mol. The van der Waals surface area contributed by atoms with E-state index in [9.17, 15) is 8.42 Å². The van der Waals surface area contributed by atoms with Crippen LogP contribution in [0.1, 0.15) is 20.3 Å². The lowest BCUT2D eigenvalue weighted by Crippen LogP contribution is -2.38. The van der Waals surface area contributed by atoms with Crippen LogP contribution in [0.2, 0.25) is 5.02 Å². The van der Waals surface area contributed by atoms with Gasteiger partial charge in [0.15, 0.2) is 0 Å². The SMILES string of the molecule is COc1ccc(S(=O)(=O)N(CCCO)C(C)C)cc1Cl. The van der Waals surface area contributed by atoms with E-state index in [4.69, 9.17) is 21.4 Å². The van der Waals surface area contributed by atoms with Crippen LogP contribution in [0.3, 0.4) is 0 Å². The van der Waals surface area contributed by atoms with Crippen LogP contribution in [0.4, 0.5) is 0 Å². The molecule has 1 N–H and O–H groups in total. The molecule has 1 rings (SSSR count). The van der Waals surface area contributed by atoms with Gasteiger partial charge in [0.1, 0.15) is 5.75 Å². The smallest absolute Gasteiger partial charge is 0.243 e. The Hall–Kier alpha value is -0.820. The fraction of sp³-hybridized carbons (Fsp3) is 0.538. The van der Waals surface area contributed by atoms with Crippen LogP contribution in [0.25, 0.3) is 0 Å². The van der Waals surface area contributed by atoms with E-state index in [1.54, 1.807) is 13.8 Å². The molecule has 0 saturated heterocycles. The summed E-state index contributed by atoms with van der Waals surface area (Å²) in [5.74, 6) is 0.428. The maximum atomic E-state index is 12.6. The summed E-state index contributed by atoms with van der Waals surface area (Å²) >= 11 is 5.98. The molecule has 0 heterocycles. The van der Waals surface area contributed by atoms with Gasteiger partial charge in [-0.3, -0.25) is 0 Å². The third kappa shape index (κ3) is 3.85. The van der Waals surface area contributed by atoms with Gasteiger partial charge < -0.3 is 9.84 Å². The predicted molar refractivity (Wildman–Crippen MR) is 78.7 cm³/mol. The van der Waals surface area contributed by atoms with Crippen molar-refractivity contribution in [1.82, 2.24) is 4.31 Å². The molecule has 0 spiro atoms. The summed E-state index contributed by atoms with van der Waals surface area (Å²) in [7, 11) is -2.17. The van der Waals surface area contributed by atoms with Crippen molar-refractivity contribution in [3.8, 4) is 5.75 Å². The molecule has 0 aromatic heterocycles. The lowest BCUT2D eigenvalue weighted by Gasteiger charge is -2.25. The first-order chi connectivity index (χ1) is 9.34. The molecule has 1 aromatic rings. The summed E-state index contributed by atoms with van der Waals surface area (Å²) in [6.45, 7) is 3.79. The van der Waals surface area contributed by atoms with Crippen LogP contribution in [-0.2, 0) is 10.0 Å². The Bertz CT molecular complexity index is 545. The minimum Gasteiger partial charge on any atom is -0.495 e. The number of rotatable bonds is 7. The maximum Gasteiger partial charge on any atom is 0.243 e. The molecule has 0 amide bonds. The number of methoxy groups -OCH3 is 1. The summed E-state index contributed by atoms with van der Waals surface area (Å²) in [6.07, 6.45) is 0.390. The van der Waals surface area contributed by atoms with Crippen LogP contribution in [0.5, 0.6) is 5.75 Å². The van der Waals surface area contributed by atoms with Gasteiger partial charge in [-0.05, 0) is 38.5 Å². The largest absolute Gasteiger partial charge is 0.495 e. The number of halogens is 1. The van der Waals surface area contributed by atoms with Crippen LogP contribution in [-0.4, -0.2) is 44.1 Å². The lowest BCUT2D eigenvalue weighted by atomic mass is 10.3. The predicted octanol–water partition coefficient (Wildman–Crippen LogP) is 2.13. The van der Waals surface area contributed by atoms with E-state index in [1.807, 2.05) is 0 Å². The van der Waals surface area contributed by atoms with Crippen LogP contribution < -0.4 is 4.74 Å². The molecule has 5 nitrogen and oxygen atoms in total. The molecule has 0 atom stereocenters. The normalized spacial score (nSPS) is 12.2. The summed E-state index contributed by atoms with van der Waals surface area (Å²) < 4.78 is 31.5. The van der Waals surface area contributed by atoms with Crippen molar-refractivity contribution in [2.75, 3.05) is 20.3 Å². The second kappa shape index (κ2) is 7.26. The van der Waals surface area contributed by atoms with E-state index in [0.29, 0.717) is 12.2 Å². The van der Waals surface area contributed by atoms with Gasteiger partial charge in [0.2, 0.25) is 10.0 Å². The molecule has 0 radical (unpaired) electrons. The highest BCUT2D eigenvalue weighted by Gasteiger charge is 2.27. The molecule has 114 valence electrons. The summed E-state index contributed by atoms with van der Waals surface area (Å²) in [4.78, 5) is 0.120. The Morgan fingerprint density at radius 1 is 1.40 bits per heavy atom. The van der Waals surface area contributed by atoms with Crippen LogP contribution >= 0.6 is 11.6 Å². The Morgan fingerprint density at radius 2 is 2.05 bits per heavy atom. The molecule has 0 aliphatic carbocycles. The van der Waals surface area contributed by atoms with E-state index in [0.717, 1.165) is 0 Å². The first-order valence-corrected chi connectivity index (χ1v) is 8.12. The third-order valence-electron chi connectivity index (χ3n) is 2.84. The zero-order valence-corrected chi connectivity index (χ0v) is 13.4. The highest BCUT2D eigenvalue weighted by Crippen LogP contribution is 2.29. The molecule has 0 saturated carbocycles. The first-order valence-electron chi connectivity index (χ1n) is 6.30. The summed E-state index contributed by atoms with van der Waals surface area (Å²) in [6, 6.07) is 4.17. The lowest BCUT2D eigenvalue weighted by molar-refractivity contribution is 0.258. The van der Waals surface area contributed by atoms with Crippen molar-refractivity contribution in [2.24, 2.45) is 0 Å². The molecular formula is C13H20ClNO4S. The molecule has 0 aliphatic heterocycles. The van der Waals surface area contributed by atoms with Gasteiger partial charge in [0.05, 0.1) is 17.0 Å². The number of aliphatic hydroxyl groups is 1. The van der Waals surface area contributed by atoms with E-state index in [2.05, 4.69) is 0 Å². The number of nitrogens with zero attached hydrogens (tertiary/aromatic N) is 1. The van der Waals surface area contributed by atoms with Crippen LogP contribution in [0, 0.1) is 0 Å². The first kappa shape index (κ1) is 17.2. The minimum atomic E-state index is -3.64. The second-order valence-electron chi connectivity index (χ2n) is 4.58. The average Bonchev–Trinajstić information content (AvgIpc) is 2.38. The third-order valence-corrected chi connectivity index (χ3v) is 5.21. The molecule has 0 aliphatic rings. The summed E-state index contributed by atoms with van der Waals surface area (Å²) in [5, 5.41) is 9.14. The van der Waals surface area contributed by atoms with Crippen molar-refractivity contribution in [2.45, 2.75) is 31.2 Å². The van der Waals surface area contributed by atoms with Crippen molar-refractivity contribution < 1.29 is 18.3 Å². The number of hydrogen-bond donors (Lipinski definition) is 1. The molecule has 0 unspecified atom stereocenters. The Morgan fingerprint density at radius 3 is 2.50 bits per heavy atom. The average molecular weight is 322 g/mol. The van der Waals surface area contributed by atoms with E-state index in [1.165, 1.54) is 29.6 Å². The Kier molecular flexibility index (Phi) is 6.26. The van der Waals surface area contributed by atoms with Crippen molar-refractivity contribution in [3.63, 3.8) is 0 Å². The minimum absolute atomic E-state index is 0.0535. The van der Waals surface area contributed by atoms with Gasteiger partial charge in [-0.15, -0.1) is 0 Å². The monoisotopic (exact) mass is 321 g/mol. The van der Waals surface area contributed by atoms with Gasteiger partial charge in [0.25, 0.3) is 0 Å². The van der Waals surface area contributed by atoms with Crippen molar-refractivity contribution >= 4 is 21.6 Å². The highest BCUT2D eigenvalue weighted by atomic mass is 35.5. The van der Waals surface area contributed by atoms with E-state index < -0.39 is 10.0 Å². The molecule has 1 aromatic carbocycles. The van der Waals surface area contributed by atoms with Gasteiger partial charge in [-0.25, -0.2) is 8.42 Å². The van der Waals surface area contributed by atoms with Crippen molar-refractivity contribution in [3.05, 3.63) is 23.2 Å². The second-order valence-corrected chi connectivity index (χ2v) is 6.88. The Balaban J connectivity index is 3.16. The summed E-state index contributed by atoms with van der Waals surface area (Å²) in [5.41, 5.74) is 0. The zero-order valence-electron chi connectivity index (χ0n) is 11.8. The van der Waals surface area contributed by atoms with E-state index >= 15 is 0 Å². The quantitative estimate of drug-likeness (QED) is 0.835. The number of ether oxygens (including phenoxy) is 1. The molecule has 20 heavy (non-hydrogen) atoms. The van der Waals surface area contributed by atoms with Gasteiger partial charge in [-0.1, -0.05) is 11.6 Å². The number of hydrogen-bond acceptors (Lipinski definition) is 4. The van der Waals surface area contributed by atoms with E-state index in [-0.39, 0.29) is 29.1 Å². The zero-order chi connectivity index (χ0) is 15.3. The fourth-order valence-corrected chi connectivity index (χ4v) is 3.85. The molecule has 7 heteroatoms. The topological polar surface area (TPSA) is 66.8 Å². The Labute approximate surface area is 125 Å². The highest BCUT2D eigenvalue weighted by molar-refractivity contribution is 7.89. The van der Waals surface area contributed by atoms with Gasteiger partial charge >= 0.3 is 0 Å². The number of aliphatic hydroxyl groups excluding tert-OH is 1. The van der Waals surface area contributed by atoms with Crippen molar-refractivity contribution in [1.29, 1.82) is 0 Å². The molecule has 0 bridgehead atoms. The van der Waals surface area contributed by atoms with Gasteiger partial charge in [0, 0.05) is 19.2 Å². The van der Waals surface area contributed by atoms with Gasteiger partial charge in [-0.2, -0.15) is 4.31 Å². The number of sulfonamides is 1. The maximum absolute atomic E-state index is 12.6. The fourth-order valence-electron chi connectivity index (χ4n) is 1.83.